The molecule has 0 aromatic heterocycles. The number of carbonyl (C=O) groups excluding carboxylic acids is 1. The van der Waals surface area contributed by atoms with Gasteiger partial charge in [-0.3, -0.25) is 4.57 Å². The Kier molecular flexibility index (Phi) is 15.3. The van der Waals surface area contributed by atoms with Crippen LogP contribution < -0.4 is 5.32 Å². The van der Waals surface area contributed by atoms with Crippen molar-refractivity contribution in [3.63, 3.8) is 0 Å². The lowest BCUT2D eigenvalue weighted by atomic mass is 9.93. The molecule has 1 atom stereocenters. The van der Waals surface area contributed by atoms with E-state index in [1.165, 1.54) is 60.4 Å². The zero-order chi connectivity index (χ0) is 35.6. The lowest BCUT2D eigenvalue weighted by molar-refractivity contribution is 0.135. The van der Waals surface area contributed by atoms with Crippen LogP contribution in [0.15, 0.2) is 127 Å². The Morgan fingerprint density at radius 1 is 0.588 bits per heavy atom. The largest absolute Gasteiger partial charge is 0.445 e. The van der Waals surface area contributed by atoms with Gasteiger partial charge in [0.1, 0.15) is 6.61 Å². The van der Waals surface area contributed by atoms with E-state index in [9.17, 15) is 9.36 Å². The number of nitrogens with one attached hydrogen (secondary N) is 1. The van der Waals surface area contributed by atoms with Crippen LogP contribution in [0, 0.1) is 0 Å². The molecule has 5 rings (SSSR count). The van der Waals surface area contributed by atoms with Crippen molar-refractivity contribution in [3.05, 3.63) is 155 Å². The number of alkyl carbamates (subject to hydrolysis) is 1. The average molecular weight is 706 g/mol. The number of aryl methyl sites for hydroxylation is 2. The van der Waals surface area contributed by atoms with E-state index in [-0.39, 0.29) is 26.0 Å². The molecule has 0 saturated heterocycles. The minimum Gasteiger partial charge on any atom is -0.445 e. The quantitative estimate of drug-likeness (QED) is 0.0608. The molecule has 0 aliphatic carbocycles. The van der Waals surface area contributed by atoms with E-state index in [1.54, 1.807) is 0 Å². The van der Waals surface area contributed by atoms with Gasteiger partial charge in [0.2, 0.25) is 0 Å². The molecule has 0 aliphatic heterocycles. The Labute approximate surface area is 304 Å². The molecular formula is C44H52NO5P. The maximum atomic E-state index is 14.5. The highest BCUT2D eigenvalue weighted by molar-refractivity contribution is 7.53. The van der Waals surface area contributed by atoms with Gasteiger partial charge in [0.15, 0.2) is 0 Å². The molecule has 0 fully saturated rings. The predicted octanol–water partition coefficient (Wildman–Crippen LogP) is 11.6. The number of benzene rings is 5. The molecule has 0 saturated carbocycles. The Hall–Kier alpha value is -4.22. The lowest BCUT2D eigenvalue weighted by Gasteiger charge is -2.25. The second kappa shape index (κ2) is 20.6. The van der Waals surface area contributed by atoms with Gasteiger partial charge in [-0.15, -0.1) is 0 Å². The fraction of sp³-hybridized carbons (Fsp3) is 0.341. The lowest BCUT2D eigenvalue weighted by Crippen LogP contribution is -2.38. The van der Waals surface area contributed by atoms with Gasteiger partial charge in [-0.05, 0) is 64.3 Å². The summed E-state index contributed by atoms with van der Waals surface area (Å²) in [5.74, 6) is 0. The van der Waals surface area contributed by atoms with Crippen LogP contribution in [-0.4, -0.2) is 18.3 Å². The number of fused-ring (bicyclic) bond motifs is 1. The van der Waals surface area contributed by atoms with Crippen molar-refractivity contribution in [2.24, 2.45) is 0 Å². The normalized spacial score (nSPS) is 12.1. The molecule has 268 valence electrons. The predicted molar refractivity (Wildman–Crippen MR) is 208 cm³/mol. The van der Waals surface area contributed by atoms with Crippen molar-refractivity contribution in [2.45, 2.75) is 90.6 Å². The maximum Gasteiger partial charge on any atom is 0.407 e. The fourth-order valence-electron chi connectivity index (χ4n) is 6.33. The summed E-state index contributed by atoms with van der Waals surface area (Å²) in [6.45, 7) is 2.64. The minimum absolute atomic E-state index is 0.00114. The van der Waals surface area contributed by atoms with Gasteiger partial charge in [0.25, 0.3) is 0 Å². The van der Waals surface area contributed by atoms with Crippen molar-refractivity contribution in [3.8, 4) is 0 Å². The highest BCUT2D eigenvalue weighted by Crippen LogP contribution is 2.50. The highest BCUT2D eigenvalue weighted by Gasteiger charge is 2.31. The molecule has 5 aromatic rings. The molecule has 1 unspecified atom stereocenters. The van der Waals surface area contributed by atoms with Crippen LogP contribution in [0.3, 0.4) is 0 Å². The Morgan fingerprint density at radius 3 is 1.61 bits per heavy atom. The van der Waals surface area contributed by atoms with Crippen LogP contribution in [0.4, 0.5) is 4.79 Å². The van der Waals surface area contributed by atoms with Crippen molar-refractivity contribution in [1.82, 2.24) is 5.32 Å². The monoisotopic (exact) mass is 705 g/mol. The van der Waals surface area contributed by atoms with Crippen LogP contribution >= 0.6 is 7.60 Å². The zero-order valence-electron chi connectivity index (χ0n) is 29.9. The molecular weight excluding hydrogens is 653 g/mol. The van der Waals surface area contributed by atoms with Gasteiger partial charge in [-0.25, -0.2) is 4.79 Å². The third-order valence-corrected chi connectivity index (χ3v) is 11.1. The van der Waals surface area contributed by atoms with Crippen molar-refractivity contribution in [1.29, 1.82) is 0 Å². The summed E-state index contributed by atoms with van der Waals surface area (Å²) in [5, 5.41) is 5.52. The van der Waals surface area contributed by atoms with Gasteiger partial charge in [-0.1, -0.05) is 166 Å². The van der Waals surface area contributed by atoms with Crippen LogP contribution in [0.5, 0.6) is 0 Å². The highest BCUT2D eigenvalue weighted by atomic mass is 31.2. The van der Waals surface area contributed by atoms with Crippen LogP contribution in [0.25, 0.3) is 10.8 Å². The summed E-state index contributed by atoms with van der Waals surface area (Å²) >= 11 is 0. The molecule has 0 spiro atoms. The number of rotatable bonds is 21. The molecule has 1 N–H and O–H groups in total. The van der Waals surface area contributed by atoms with Crippen LogP contribution in [0.1, 0.15) is 79.7 Å². The van der Waals surface area contributed by atoms with E-state index in [1.807, 2.05) is 91.0 Å². The first-order valence-electron chi connectivity index (χ1n) is 18.4. The molecule has 0 radical (unpaired) electrons. The zero-order valence-corrected chi connectivity index (χ0v) is 30.8. The van der Waals surface area contributed by atoms with Crippen molar-refractivity contribution in [2.75, 3.05) is 6.16 Å². The van der Waals surface area contributed by atoms with Gasteiger partial charge < -0.3 is 19.1 Å². The first-order valence-corrected chi connectivity index (χ1v) is 20.2. The van der Waals surface area contributed by atoms with E-state index < -0.39 is 19.7 Å². The molecule has 7 heteroatoms. The van der Waals surface area contributed by atoms with E-state index in [2.05, 4.69) is 48.6 Å². The van der Waals surface area contributed by atoms with Crippen molar-refractivity contribution >= 4 is 24.5 Å². The SMILES string of the molecule is CCCCCCCCc1ccc(CCC(CP(=O)(OCc2ccccc2)OCc2ccccc2)NC(=O)OCc2ccccc2)c2ccccc12. The number of hydrogen-bond donors (Lipinski definition) is 1. The van der Waals surface area contributed by atoms with E-state index in [0.717, 1.165) is 23.1 Å². The molecule has 1 amide bonds. The number of carbonyl (C=O) groups is 1. The van der Waals surface area contributed by atoms with Crippen LogP contribution in [0.2, 0.25) is 0 Å². The molecule has 0 heterocycles. The first-order chi connectivity index (χ1) is 25.0. The second-order valence-corrected chi connectivity index (χ2v) is 15.3. The summed E-state index contributed by atoms with van der Waals surface area (Å²) in [7, 11) is -3.71. The summed E-state index contributed by atoms with van der Waals surface area (Å²) < 4.78 is 32.4. The Morgan fingerprint density at radius 2 is 1.06 bits per heavy atom. The topological polar surface area (TPSA) is 73.9 Å². The molecule has 5 aromatic carbocycles. The number of hydrogen-bond acceptors (Lipinski definition) is 5. The molecule has 51 heavy (non-hydrogen) atoms. The minimum atomic E-state index is -3.71. The first kappa shape index (κ1) is 38.0. The number of amides is 1. The van der Waals surface area contributed by atoms with E-state index in [4.69, 9.17) is 13.8 Å². The van der Waals surface area contributed by atoms with Crippen molar-refractivity contribution < 1.29 is 23.1 Å². The standard InChI is InChI=1S/C44H52NO5P/c1-2-3-4-5-6-16-25-39-28-29-40(43-27-18-17-26-42(39)43)30-31-41(45-44(46)48-32-36-19-10-7-11-20-36)35-51(47,49-33-37-21-12-8-13-22-37)50-34-38-23-14-9-15-24-38/h7-15,17-24,26-29,41H,2-6,16,25,30-35H2,1H3,(H,45,46). The van der Waals surface area contributed by atoms with Gasteiger partial charge in [-0.2, -0.15) is 0 Å². The Balaban J connectivity index is 1.33. The summed E-state index contributed by atoms with van der Waals surface area (Å²) in [6, 6.07) is 41.4. The number of unbranched alkanes of at least 4 members (excludes halogenated alkanes) is 5. The molecule has 6 nitrogen and oxygen atoms in total. The third kappa shape index (κ3) is 12.8. The third-order valence-electron chi connectivity index (χ3n) is 9.19. The van der Waals surface area contributed by atoms with E-state index >= 15 is 0 Å². The molecule has 0 bridgehead atoms. The van der Waals surface area contributed by atoms with E-state index in [0.29, 0.717) is 12.8 Å². The second-order valence-electron chi connectivity index (χ2n) is 13.2. The van der Waals surface area contributed by atoms with Gasteiger partial charge >= 0.3 is 13.7 Å². The maximum absolute atomic E-state index is 14.5. The summed E-state index contributed by atoms with van der Waals surface area (Å²) in [6.07, 6.45) is 9.29. The van der Waals surface area contributed by atoms with Crippen LogP contribution in [-0.2, 0) is 51.0 Å². The number of ether oxygens (including phenoxy) is 1. The smallest absolute Gasteiger partial charge is 0.407 e. The fourth-order valence-corrected chi connectivity index (χ4v) is 8.12. The average Bonchev–Trinajstić information content (AvgIpc) is 3.17. The van der Waals surface area contributed by atoms with Gasteiger partial charge in [0, 0.05) is 6.04 Å². The Bertz CT molecular complexity index is 1750. The molecule has 0 aliphatic rings. The van der Waals surface area contributed by atoms with Gasteiger partial charge in [0.05, 0.1) is 19.4 Å². The summed E-state index contributed by atoms with van der Waals surface area (Å²) in [5.41, 5.74) is 5.23. The summed E-state index contributed by atoms with van der Waals surface area (Å²) in [4.78, 5) is 13.2.